The first-order valence-electron chi connectivity index (χ1n) is 6.52. The van der Waals surface area contributed by atoms with E-state index in [4.69, 9.17) is 5.26 Å². The second kappa shape index (κ2) is 5.78. The maximum absolute atomic E-state index is 12.2. The van der Waals surface area contributed by atoms with Crippen molar-refractivity contribution >= 4 is 27.3 Å². The van der Waals surface area contributed by atoms with Gasteiger partial charge in [-0.3, -0.25) is 4.79 Å². The van der Waals surface area contributed by atoms with Crippen molar-refractivity contribution in [2.24, 2.45) is 0 Å². The largest absolute Gasteiger partial charge is 0.347 e. The molecule has 0 spiro atoms. The Labute approximate surface area is 126 Å². The third-order valence-corrected chi connectivity index (χ3v) is 4.30. The van der Waals surface area contributed by atoms with Crippen molar-refractivity contribution in [2.45, 2.75) is 6.54 Å². The van der Waals surface area contributed by atoms with Gasteiger partial charge in [0.2, 0.25) is 0 Å². The highest BCUT2D eigenvalue weighted by Gasteiger charge is 2.09. The molecule has 102 valence electrons. The van der Waals surface area contributed by atoms with Gasteiger partial charge in [-0.15, -0.1) is 11.3 Å². The summed E-state index contributed by atoms with van der Waals surface area (Å²) in [4.78, 5) is 12.9. The van der Waals surface area contributed by atoms with Crippen LogP contribution in [0.25, 0.3) is 10.1 Å². The minimum atomic E-state index is -0.0689. The number of fused-ring (bicyclic) bond motifs is 1. The first kappa shape index (κ1) is 13.3. The van der Waals surface area contributed by atoms with Crippen LogP contribution in [-0.4, -0.2) is 5.91 Å². The Bertz CT molecular complexity index is 795. The zero-order chi connectivity index (χ0) is 14.7. The maximum Gasteiger partial charge on any atom is 0.261 e. The highest BCUT2D eigenvalue weighted by atomic mass is 32.1. The molecule has 1 amide bonds. The summed E-state index contributed by atoms with van der Waals surface area (Å²) in [5.41, 5.74) is 1.60. The fourth-order valence-electron chi connectivity index (χ4n) is 2.06. The normalized spacial score (nSPS) is 10.2. The Balaban J connectivity index is 1.69. The Morgan fingerprint density at radius 2 is 1.90 bits per heavy atom. The minimum absolute atomic E-state index is 0.0689. The zero-order valence-electron chi connectivity index (χ0n) is 11.2. The molecular weight excluding hydrogens is 280 g/mol. The summed E-state index contributed by atoms with van der Waals surface area (Å²) in [6.45, 7) is 0.457. The monoisotopic (exact) mass is 292 g/mol. The van der Waals surface area contributed by atoms with Gasteiger partial charge in [-0.25, -0.2) is 0 Å². The molecule has 0 saturated carbocycles. The molecule has 0 atom stereocenters. The second-order valence-corrected chi connectivity index (χ2v) is 5.72. The van der Waals surface area contributed by atoms with E-state index in [2.05, 4.69) is 11.4 Å². The fourth-order valence-corrected chi connectivity index (χ4v) is 3.04. The number of carbonyl (C=O) groups is 1. The maximum atomic E-state index is 12.2. The van der Waals surface area contributed by atoms with Gasteiger partial charge in [0.05, 0.1) is 16.5 Å². The molecule has 0 unspecified atom stereocenters. The average Bonchev–Trinajstić information content (AvgIpc) is 2.97. The molecule has 3 nitrogen and oxygen atoms in total. The van der Waals surface area contributed by atoms with E-state index in [1.807, 2.05) is 42.5 Å². The van der Waals surface area contributed by atoms with E-state index in [0.717, 1.165) is 15.6 Å². The number of nitrogens with zero attached hydrogens (tertiary/aromatic N) is 1. The van der Waals surface area contributed by atoms with E-state index < -0.39 is 0 Å². The Morgan fingerprint density at radius 1 is 1.14 bits per heavy atom. The van der Waals surface area contributed by atoms with Gasteiger partial charge < -0.3 is 5.32 Å². The molecule has 2 aromatic carbocycles. The van der Waals surface area contributed by atoms with Crippen molar-refractivity contribution in [1.29, 1.82) is 5.26 Å². The highest BCUT2D eigenvalue weighted by molar-refractivity contribution is 7.20. The molecule has 0 saturated heterocycles. The van der Waals surface area contributed by atoms with Crippen LogP contribution in [0.4, 0.5) is 0 Å². The van der Waals surface area contributed by atoms with Gasteiger partial charge in [0, 0.05) is 11.2 Å². The van der Waals surface area contributed by atoms with E-state index in [1.165, 1.54) is 11.3 Å². The van der Waals surface area contributed by atoms with E-state index in [-0.39, 0.29) is 5.91 Å². The average molecular weight is 292 g/mol. The summed E-state index contributed by atoms with van der Waals surface area (Å²) in [7, 11) is 0. The predicted octanol–water partition coefficient (Wildman–Crippen LogP) is 3.70. The lowest BCUT2D eigenvalue weighted by atomic mass is 10.1. The van der Waals surface area contributed by atoms with Gasteiger partial charge in [-0.2, -0.15) is 5.26 Å². The van der Waals surface area contributed by atoms with Gasteiger partial charge in [0.15, 0.2) is 0 Å². The highest BCUT2D eigenvalue weighted by Crippen LogP contribution is 2.25. The fraction of sp³-hybridized carbons (Fsp3) is 0.0588. The molecule has 0 aliphatic carbocycles. The van der Waals surface area contributed by atoms with Crippen molar-refractivity contribution in [2.75, 3.05) is 0 Å². The molecule has 0 aliphatic heterocycles. The van der Waals surface area contributed by atoms with Crippen molar-refractivity contribution in [3.8, 4) is 6.07 Å². The van der Waals surface area contributed by atoms with Crippen LogP contribution in [0.1, 0.15) is 20.8 Å². The molecule has 3 rings (SSSR count). The van der Waals surface area contributed by atoms with Crippen molar-refractivity contribution < 1.29 is 4.79 Å². The number of nitrogens with one attached hydrogen (secondary N) is 1. The number of rotatable bonds is 3. The molecule has 1 heterocycles. The third-order valence-electron chi connectivity index (χ3n) is 3.19. The molecule has 0 bridgehead atoms. The van der Waals surface area contributed by atoms with Crippen LogP contribution >= 0.6 is 11.3 Å². The van der Waals surface area contributed by atoms with Crippen molar-refractivity contribution in [3.63, 3.8) is 0 Å². The van der Waals surface area contributed by atoms with Crippen molar-refractivity contribution in [3.05, 3.63) is 70.6 Å². The molecular formula is C17H12N2OS. The van der Waals surface area contributed by atoms with Crippen LogP contribution in [-0.2, 0) is 6.54 Å². The summed E-state index contributed by atoms with van der Waals surface area (Å²) < 4.78 is 1.11. The number of hydrogen-bond acceptors (Lipinski definition) is 3. The SMILES string of the molecule is N#Cc1ccc(CNC(=O)c2cc3ccccc3s2)cc1. The molecule has 4 heteroatoms. The third kappa shape index (κ3) is 2.93. The van der Waals surface area contributed by atoms with Crippen LogP contribution in [0.3, 0.4) is 0 Å². The molecule has 0 fully saturated rings. The molecule has 1 aromatic heterocycles. The Morgan fingerprint density at radius 3 is 2.62 bits per heavy atom. The Kier molecular flexibility index (Phi) is 3.67. The van der Waals surface area contributed by atoms with Crippen LogP contribution in [0.5, 0.6) is 0 Å². The van der Waals surface area contributed by atoms with E-state index in [9.17, 15) is 4.79 Å². The van der Waals surface area contributed by atoms with Crippen molar-refractivity contribution in [1.82, 2.24) is 5.32 Å². The van der Waals surface area contributed by atoms with E-state index in [0.29, 0.717) is 17.0 Å². The summed E-state index contributed by atoms with van der Waals surface area (Å²) in [5, 5.41) is 12.7. The molecule has 1 N–H and O–H groups in total. The molecule has 0 aliphatic rings. The summed E-state index contributed by atoms with van der Waals surface area (Å²) in [6, 6.07) is 19.1. The van der Waals surface area contributed by atoms with Gasteiger partial charge in [0.25, 0.3) is 5.91 Å². The first-order valence-corrected chi connectivity index (χ1v) is 7.34. The summed E-state index contributed by atoms with van der Waals surface area (Å²) in [6.07, 6.45) is 0. The summed E-state index contributed by atoms with van der Waals surface area (Å²) >= 11 is 1.49. The van der Waals surface area contributed by atoms with Crippen LogP contribution in [0.15, 0.2) is 54.6 Å². The molecule has 3 aromatic rings. The van der Waals surface area contributed by atoms with Crippen LogP contribution in [0.2, 0.25) is 0 Å². The van der Waals surface area contributed by atoms with Gasteiger partial charge in [0.1, 0.15) is 0 Å². The predicted molar refractivity (Wildman–Crippen MR) is 84.2 cm³/mol. The lowest BCUT2D eigenvalue weighted by Crippen LogP contribution is -2.21. The first-order chi connectivity index (χ1) is 10.3. The van der Waals surface area contributed by atoms with Crippen LogP contribution < -0.4 is 5.32 Å². The standard InChI is InChI=1S/C17H12N2OS/c18-10-12-5-7-13(8-6-12)11-19-17(20)16-9-14-3-1-2-4-15(14)21-16/h1-9H,11H2,(H,19,20). The smallest absolute Gasteiger partial charge is 0.261 e. The van der Waals surface area contributed by atoms with E-state index in [1.54, 1.807) is 12.1 Å². The number of nitriles is 1. The van der Waals surface area contributed by atoms with Gasteiger partial charge in [-0.05, 0) is 35.2 Å². The second-order valence-electron chi connectivity index (χ2n) is 4.64. The lowest BCUT2D eigenvalue weighted by Gasteiger charge is -2.03. The number of hydrogen-bond donors (Lipinski definition) is 1. The van der Waals surface area contributed by atoms with Crippen LogP contribution in [0, 0.1) is 11.3 Å². The number of carbonyl (C=O) groups excluding carboxylic acids is 1. The van der Waals surface area contributed by atoms with Gasteiger partial charge in [-0.1, -0.05) is 30.3 Å². The summed E-state index contributed by atoms with van der Waals surface area (Å²) in [5.74, 6) is -0.0689. The zero-order valence-corrected chi connectivity index (χ0v) is 12.0. The number of amides is 1. The quantitative estimate of drug-likeness (QED) is 0.800. The van der Waals surface area contributed by atoms with E-state index >= 15 is 0 Å². The Hall–Kier alpha value is -2.64. The van der Waals surface area contributed by atoms with Gasteiger partial charge >= 0.3 is 0 Å². The molecule has 21 heavy (non-hydrogen) atoms. The minimum Gasteiger partial charge on any atom is -0.347 e. The number of thiophene rings is 1. The topological polar surface area (TPSA) is 52.9 Å². The molecule has 0 radical (unpaired) electrons. The lowest BCUT2D eigenvalue weighted by molar-refractivity contribution is 0.0955. The number of benzene rings is 2.